The highest BCUT2D eigenvalue weighted by molar-refractivity contribution is 6.33. The molecule has 0 aliphatic heterocycles. The Bertz CT molecular complexity index is 673. The van der Waals surface area contributed by atoms with Crippen LogP contribution in [0.4, 0.5) is 10.1 Å². The number of carbonyl (C=O) groups excluding carboxylic acids is 1. The zero-order chi connectivity index (χ0) is 15.4. The third-order valence-electron chi connectivity index (χ3n) is 2.89. The summed E-state index contributed by atoms with van der Waals surface area (Å²) in [6, 6.07) is 9.49. The quantitative estimate of drug-likeness (QED) is 0.923. The van der Waals surface area contributed by atoms with Crippen molar-refractivity contribution in [1.29, 1.82) is 0 Å². The predicted molar refractivity (Wildman–Crippen MR) is 81.5 cm³/mol. The van der Waals surface area contributed by atoms with Crippen molar-refractivity contribution >= 4 is 23.2 Å². The van der Waals surface area contributed by atoms with Crippen LogP contribution in [0, 0.1) is 19.7 Å². The molecule has 2 aromatic carbocycles. The SMILES string of the molecule is Cc1ccc(OCC(=O)Nc2ccc(F)cc2Cl)c(C)c1. The Morgan fingerprint density at radius 1 is 1.24 bits per heavy atom. The monoisotopic (exact) mass is 307 g/mol. The van der Waals surface area contributed by atoms with Gasteiger partial charge in [0.2, 0.25) is 0 Å². The molecule has 0 atom stereocenters. The van der Waals surface area contributed by atoms with Gasteiger partial charge >= 0.3 is 0 Å². The van der Waals surface area contributed by atoms with Crippen LogP contribution in [-0.2, 0) is 4.79 Å². The molecular weight excluding hydrogens is 293 g/mol. The fraction of sp³-hybridized carbons (Fsp3) is 0.188. The van der Waals surface area contributed by atoms with Gasteiger partial charge < -0.3 is 10.1 Å². The van der Waals surface area contributed by atoms with Gasteiger partial charge in [-0.25, -0.2) is 4.39 Å². The molecule has 110 valence electrons. The van der Waals surface area contributed by atoms with Gasteiger partial charge in [-0.3, -0.25) is 4.79 Å². The van der Waals surface area contributed by atoms with Crippen molar-refractivity contribution in [3.63, 3.8) is 0 Å². The molecule has 0 heterocycles. The molecule has 0 saturated carbocycles. The van der Waals surface area contributed by atoms with Gasteiger partial charge in [-0.15, -0.1) is 0 Å². The van der Waals surface area contributed by atoms with Crippen LogP contribution in [0.25, 0.3) is 0 Å². The van der Waals surface area contributed by atoms with Gasteiger partial charge in [0, 0.05) is 0 Å². The molecule has 0 aliphatic rings. The molecule has 0 aliphatic carbocycles. The Balaban J connectivity index is 1.96. The Hall–Kier alpha value is -2.07. The summed E-state index contributed by atoms with van der Waals surface area (Å²) in [4.78, 5) is 11.8. The molecule has 3 nitrogen and oxygen atoms in total. The molecule has 0 saturated heterocycles. The van der Waals surface area contributed by atoms with Gasteiger partial charge in [0.1, 0.15) is 11.6 Å². The van der Waals surface area contributed by atoms with Gasteiger partial charge in [0.15, 0.2) is 6.61 Å². The fourth-order valence-corrected chi connectivity index (χ4v) is 2.10. The van der Waals surface area contributed by atoms with E-state index in [4.69, 9.17) is 16.3 Å². The van der Waals surface area contributed by atoms with Crippen LogP contribution in [-0.4, -0.2) is 12.5 Å². The van der Waals surface area contributed by atoms with Crippen molar-refractivity contribution < 1.29 is 13.9 Å². The molecule has 21 heavy (non-hydrogen) atoms. The van der Waals surface area contributed by atoms with Gasteiger partial charge in [0.25, 0.3) is 5.91 Å². The summed E-state index contributed by atoms with van der Waals surface area (Å²) in [7, 11) is 0. The van der Waals surface area contributed by atoms with E-state index in [2.05, 4.69) is 5.32 Å². The maximum atomic E-state index is 12.9. The Labute approximate surface area is 127 Å². The summed E-state index contributed by atoms with van der Waals surface area (Å²) in [5, 5.41) is 2.72. The van der Waals surface area contributed by atoms with E-state index in [0.717, 1.165) is 17.2 Å². The van der Waals surface area contributed by atoms with Crippen LogP contribution in [0.1, 0.15) is 11.1 Å². The van der Waals surface area contributed by atoms with Crippen molar-refractivity contribution in [1.82, 2.24) is 0 Å². The lowest BCUT2D eigenvalue weighted by molar-refractivity contribution is -0.118. The van der Waals surface area contributed by atoms with Crippen molar-refractivity contribution in [2.75, 3.05) is 11.9 Å². The Morgan fingerprint density at radius 3 is 2.67 bits per heavy atom. The number of aryl methyl sites for hydroxylation is 2. The summed E-state index contributed by atoms with van der Waals surface area (Å²) >= 11 is 5.84. The first-order chi connectivity index (χ1) is 9.95. The number of hydrogen-bond donors (Lipinski definition) is 1. The summed E-state index contributed by atoms with van der Waals surface area (Å²) in [6.45, 7) is 3.76. The molecular formula is C16H15ClFNO2. The highest BCUT2D eigenvalue weighted by atomic mass is 35.5. The second-order valence-corrected chi connectivity index (χ2v) is 5.14. The highest BCUT2D eigenvalue weighted by Gasteiger charge is 2.08. The van der Waals surface area contributed by atoms with E-state index in [-0.39, 0.29) is 17.5 Å². The number of halogens is 2. The minimum Gasteiger partial charge on any atom is -0.483 e. The lowest BCUT2D eigenvalue weighted by Crippen LogP contribution is -2.20. The first kappa shape index (κ1) is 15.3. The topological polar surface area (TPSA) is 38.3 Å². The van der Waals surface area contributed by atoms with E-state index in [1.165, 1.54) is 12.1 Å². The van der Waals surface area contributed by atoms with Gasteiger partial charge in [-0.1, -0.05) is 29.3 Å². The van der Waals surface area contributed by atoms with Crippen LogP contribution in [0.3, 0.4) is 0 Å². The third-order valence-corrected chi connectivity index (χ3v) is 3.21. The van der Waals surface area contributed by atoms with Gasteiger partial charge in [-0.2, -0.15) is 0 Å². The molecule has 0 fully saturated rings. The van der Waals surface area contributed by atoms with Crippen LogP contribution in [0.2, 0.25) is 5.02 Å². The minimum absolute atomic E-state index is 0.141. The summed E-state index contributed by atoms with van der Waals surface area (Å²) < 4.78 is 18.4. The van der Waals surface area contributed by atoms with Crippen molar-refractivity contribution in [2.24, 2.45) is 0 Å². The number of hydrogen-bond acceptors (Lipinski definition) is 2. The fourth-order valence-electron chi connectivity index (χ4n) is 1.88. The average molecular weight is 308 g/mol. The van der Waals surface area contributed by atoms with Crippen LogP contribution < -0.4 is 10.1 Å². The van der Waals surface area contributed by atoms with E-state index in [0.29, 0.717) is 11.4 Å². The molecule has 1 N–H and O–H groups in total. The number of carbonyl (C=O) groups is 1. The number of nitrogens with one attached hydrogen (secondary N) is 1. The average Bonchev–Trinajstić information content (AvgIpc) is 2.41. The molecule has 0 aromatic heterocycles. The lowest BCUT2D eigenvalue weighted by Gasteiger charge is -2.11. The normalized spacial score (nSPS) is 10.3. The molecule has 1 amide bonds. The van der Waals surface area contributed by atoms with Crippen molar-refractivity contribution in [3.05, 3.63) is 58.4 Å². The smallest absolute Gasteiger partial charge is 0.262 e. The van der Waals surface area contributed by atoms with Crippen LogP contribution in [0.5, 0.6) is 5.75 Å². The molecule has 0 spiro atoms. The largest absolute Gasteiger partial charge is 0.483 e. The van der Waals surface area contributed by atoms with E-state index in [1.807, 2.05) is 32.0 Å². The third kappa shape index (κ3) is 4.20. The van der Waals surface area contributed by atoms with E-state index in [1.54, 1.807) is 0 Å². The summed E-state index contributed by atoms with van der Waals surface area (Å²) in [5.41, 5.74) is 2.44. The highest BCUT2D eigenvalue weighted by Crippen LogP contribution is 2.22. The van der Waals surface area contributed by atoms with Gasteiger partial charge in [0.05, 0.1) is 10.7 Å². The second-order valence-electron chi connectivity index (χ2n) is 4.73. The lowest BCUT2D eigenvalue weighted by atomic mass is 10.1. The van der Waals surface area contributed by atoms with E-state index < -0.39 is 5.82 Å². The van der Waals surface area contributed by atoms with Crippen LogP contribution >= 0.6 is 11.6 Å². The van der Waals surface area contributed by atoms with E-state index >= 15 is 0 Å². The number of anilines is 1. The number of amides is 1. The molecule has 0 radical (unpaired) electrons. The molecule has 2 rings (SSSR count). The minimum atomic E-state index is -0.454. The predicted octanol–water partition coefficient (Wildman–Crippen LogP) is 4.11. The maximum absolute atomic E-state index is 12.9. The Kier molecular flexibility index (Phi) is 4.81. The zero-order valence-electron chi connectivity index (χ0n) is 11.7. The maximum Gasteiger partial charge on any atom is 0.262 e. The zero-order valence-corrected chi connectivity index (χ0v) is 12.5. The Morgan fingerprint density at radius 2 is 2.00 bits per heavy atom. The molecule has 0 unspecified atom stereocenters. The number of rotatable bonds is 4. The van der Waals surface area contributed by atoms with Gasteiger partial charge in [-0.05, 0) is 43.7 Å². The van der Waals surface area contributed by atoms with E-state index in [9.17, 15) is 9.18 Å². The van der Waals surface area contributed by atoms with Crippen molar-refractivity contribution in [2.45, 2.75) is 13.8 Å². The summed E-state index contributed by atoms with van der Waals surface area (Å²) in [6.07, 6.45) is 0. The standard InChI is InChI=1S/C16H15ClFNO2/c1-10-3-6-15(11(2)7-10)21-9-16(20)19-14-5-4-12(18)8-13(14)17/h3-8H,9H2,1-2H3,(H,19,20). The molecule has 2 aromatic rings. The van der Waals surface area contributed by atoms with Crippen molar-refractivity contribution in [3.8, 4) is 5.75 Å². The first-order valence-corrected chi connectivity index (χ1v) is 6.78. The first-order valence-electron chi connectivity index (χ1n) is 6.40. The second kappa shape index (κ2) is 6.59. The van der Waals surface area contributed by atoms with Crippen LogP contribution in [0.15, 0.2) is 36.4 Å². The molecule has 0 bridgehead atoms. The molecule has 5 heteroatoms. The number of ether oxygens (including phenoxy) is 1. The number of benzene rings is 2. The summed E-state index contributed by atoms with van der Waals surface area (Å²) in [5.74, 6) is -0.158.